The number of pyridine rings is 1. The molecule has 2 N–H and O–H groups in total. The van der Waals surface area contributed by atoms with Gasteiger partial charge in [-0.3, -0.25) is 0 Å². The molecule has 2 heterocycles. The maximum Gasteiger partial charge on any atom is 0.262 e. The second-order valence-electron chi connectivity index (χ2n) is 3.40. The molecule has 0 aliphatic rings. The van der Waals surface area contributed by atoms with Gasteiger partial charge in [-0.05, 0) is 37.2 Å². The highest BCUT2D eigenvalue weighted by atomic mass is 32.2. The molecule has 0 bridgehead atoms. The Hall–Kier alpha value is -1.33. The van der Waals surface area contributed by atoms with Gasteiger partial charge >= 0.3 is 0 Å². The third-order valence-electron chi connectivity index (χ3n) is 2.26. The number of nitrogens with zero attached hydrogens (tertiary/aromatic N) is 2. The number of nitrogens with two attached hydrogens (primary N) is 1. The van der Waals surface area contributed by atoms with Crippen molar-refractivity contribution >= 4 is 11.8 Å². The van der Waals surface area contributed by atoms with Crippen LogP contribution in [0.25, 0.3) is 0 Å². The molecule has 4 nitrogen and oxygen atoms in total. The van der Waals surface area contributed by atoms with Crippen molar-refractivity contribution in [2.75, 3.05) is 0 Å². The molecule has 0 aliphatic heterocycles. The van der Waals surface area contributed by atoms with E-state index in [1.165, 1.54) is 11.8 Å². The van der Waals surface area contributed by atoms with Gasteiger partial charge < -0.3 is 10.2 Å². The molecule has 2 aromatic rings. The summed E-state index contributed by atoms with van der Waals surface area (Å²) in [5.41, 5.74) is 7.55. The first kappa shape index (κ1) is 11.2. The lowest BCUT2D eigenvalue weighted by Gasteiger charge is -2.02. The predicted molar refractivity (Wildman–Crippen MR) is 62.2 cm³/mol. The monoisotopic (exact) mass is 235 g/mol. The summed E-state index contributed by atoms with van der Waals surface area (Å²) >= 11 is 1.40. The highest BCUT2D eigenvalue weighted by Gasteiger charge is 2.10. The Kier molecular flexibility index (Phi) is 3.26. The van der Waals surface area contributed by atoms with Gasteiger partial charge in [-0.1, -0.05) is 6.07 Å². The molecule has 0 spiro atoms. The van der Waals surface area contributed by atoms with E-state index in [0.717, 1.165) is 22.0 Å². The van der Waals surface area contributed by atoms with Crippen LogP contribution in [0.2, 0.25) is 0 Å². The van der Waals surface area contributed by atoms with Crippen molar-refractivity contribution in [2.45, 2.75) is 30.6 Å². The molecule has 84 valence electrons. The molecule has 0 amide bonds. The SMILES string of the molecule is Cc1nc(Sc2ncccc2CN)oc1C. The van der Waals surface area contributed by atoms with E-state index in [4.69, 9.17) is 10.2 Å². The largest absolute Gasteiger partial charge is 0.436 e. The van der Waals surface area contributed by atoms with Crippen LogP contribution < -0.4 is 5.73 Å². The van der Waals surface area contributed by atoms with Gasteiger partial charge in [-0.2, -0.15) is 0 Å². The number of hydrogen-bond acceptors (Lipinski definition) is 5. The van der Waals surface area contributed by atoms with E-state index in [2.05, 4.69) is 9.97 Å². The summed E-state index contributed by atoms with van der Waals surface area (Å²) in [6.07, 6.45) is 1.74. The van der Waals surface area contributed by atoms with Crippen molar-refractivity contribution < 1.29 is 4.42 Å². The average Bonchev–Trinajstić information content (AvgIpc) is 2.59. The molecule has 0 radical (unpaired) electrons. The standard InChI is InChI=1S/C11H13N3OS/c1-7-8(2)15-11(14-7)16-10-9(6-12)4-3-5-13-10/h3-5H,6,12H2,1-2H3. The fourth-order valence-corrected chi connectivity index (χ4v) is 2.15. The van der Waals surface area contributed by atoms with Crippen LogP contribution in [0.1, 0.15) is 17.0 Å². The summed E-state index contributed by atoms with van der Waals surface area (Å²) in [5.74, 6) is 0.840. The van der Waals surface area contributed by atoms with Crippen molar-refractivity contribution in [1.29, 1.82) is 0 Å². The van der Waals surface area contributed by atoms with Crippen LogP contribution in [0.3, 0.4) is 0 Å². The smallest absolute Gasteiger partial charge is 0.262 e. The van der Waals surface area contributed by atoms with Crippen LogP contribution >= 0.6 is 11.8 Å². The van der Waals surface area contributed by atoms with Gasteiger partial charge in [0.15, 0.2) is 0 Å². The minimum absolute atomic E-state index is 0.467. The zero-order valence-corrected chi connectivity index (χ0v) is 10.0. The van der Waals surface area contributed by atoms with Crippen LogP contribution in [0.5, 0.6) is 0 Å². The van der Waals surface area contributed by atoms with Crippen LogP contribution in [-0.2, 0) is 6.54 Å². The van der Waals surface area contributed by atoms with Gasteiger partial charge in [0.05, 0.1) is 5.69 Å². The Labute approximate surface area is 98.3 Å². The van der Waals surface area contributed by atoms with E-state index in [9.17, 15) is 0 Å². The van der Waals surface area contributed by atoms with E-state index in [1.54, 1.807) is 6.20 Å². The Balaban J connectivity index is 2.26. The third-order valence-corrected chi connectivity index (χ3v) is 3.17. The van der Waals surface area contributed by atoms with Crippen molar-refractivity contribution in [2.24, 2.45) is 5.73 Å². The highest BCUT2D eigenvalue weighted by molar-refractivity contribution is 7.99. The van der Waals surface area contributed by atoms with E-state index in [0.29, 0.717) is 11.8 Å². The summed E-state index contributed by atoms with van der Waals surface area (Å²) < 4.78 is 5.49. The molecule has 16 heavy (non-hydrogen) atoms. The average molecular weight is 235 g/mol. The topological polar surface area (TPSA) is 64.9 Å². The molecule has 2 rings (SSSR count). The minimum atomic E-state index is 0.467. The Bertz CT molecular complexity index is 476. The van der Waals surface area contributed by atoms with Crippen molar-refractivity contribution in [3.8, 4) is 0 Å². The first-order chi connectivity index (χ1) is 7.70. The first-order valence-electron chi connectivity index (χ1n) is 4.96. The fraction of sp³-hybridized carbons (Fsp3) is 0.273. The van der Waals surface area contributed by atoms with Crippen LogP contribution in [0.15, 0.2) is 33.0 Å². The van der Waals surface area contributed by atoms with Crippen LogP contribution in [0.4, 0.5) is 0 Å². The van der Waals surface area contributed by atoms with Gasteiger partial charge in [-0.25, -0.2) is 9.97 Å². The van der Waals surface area contributed by atoms with Crippen molar-refractivity contribution in [3.63, 3.8) is 0 Å². The zero-order chi connectivity index (χ0) is 11.5. The minimum Gasteiger partial charge on any atom is -0.436 e. The maximum atomic E-state index is 5.64. The van der Waals surface area contributed by atoms with Gasteiger partial charge in [-0.15, -0.1) is 0 Å². The summed E-state index contributed by atoms with van der Waals surface area (Å²) in [7, 11) is 0. The molecule has 0 aliphatic carbocycles. The molecule has 0 saturated heterocycles. The molecular formula is C11H13N3OS. The van der Waals surface area contributed by atoms with Gasteiger partial charge in [0.1, 0.15) is 10.8 Å². The quantitative estimate of drug-likeness (QED) is 0.884. The molecule has 0 atom stereocenters. The lowest BCUT2D eigenvalue weighted by molar-refractivity contribution is 0.431. The Morgan fingerprint density at radius 3 is 2.88 bits per heavy atom. The fourth-order valence-electron chi connectivity index (χ4n) is 1.24. The second kappa shape index (κ2) is 4.67. The van der Waals surface area contributed by atoms with Crippen molar-refractivity contribution in [3.05, 3.63) is 35.3 Å². The molecule has 0 unspecified atom stereocenters. The van der Waals surface area contributed by atoms with E-state index in [1.807, 2.05) is 26.0 Å². The van der Waals surface area contributed by atoms with Gasteiger partial charge in [0.2, 0.25) is 0 Å². The Morgan fingerprint density at radius 2 is 2.25 bits per heavy atom. The second-order valence-corrected chi connectivity index (χ2v) is 4.34. The lowest BCUT2D eigenvalue weighted by Crippen LogP contribution is -1.99. The van der Waals surface area contributed by atoms with Gasteiger partial charge in [0, 0.05) is 12.7 Å². The molecule has 5 heteroatoms. The van der Waals surface area contributed by atoms with Crippen LogP contribution in [-0.4, -0.2) is 9.97 Å². The number of rotatable bonds is 3. The maximum absolute atomic E-state index is 5.64. The summed E-state index contributed by atoms with van der Waals surface area (Å²) in [4.78, 5) is 8.56. The third kappa shape index (κ3) is 2.25. The molecular weight excluding hydrogens is 222 g/mol. The zero-order valence-electron chi connectivity index (χ0n) is 9.23. The number of aromatic nitrogens is 2. The summed E-state index contributed by atoms with van der Waals surface area (Å²) in [6.45, 7) is 4.29. The molecule has 2 aromatic heterocycles. The summed E-state index contributed by atoms with van der Waals surface area (Å²) in [6, 6.07) is 3.83. The highest BCUT2D eigenvalue weighted by Crippen LogP contribution is 2.28. The molecule has 0 aromatic carbocycles. The molecule has 0 fully saturated rings. The van der Waals surface area contributed by atoms with E-state index >= 15 is 0 Å². The normalized spacial score (nSPS) is 10.7. The first-order valence-corrected chi connectivity index (χ1v) is 5.78. The number of aryl methyl sites for hydroxylation is 2. The lowest BCUT2D eigenvalue weighted by atomic mass is 10.3. The van der Waals surface area contributed by atoms with E-state index < -0.39 is 0 Å². The Morgan fingerprint density at radius 1 is 1.44 bits per heavy atom. The predicted octanol–water partition coefficient (Wildman–Crippen LogP) is 2.30. The number of oxazole rings is 1. The van der Waals surface area contributed by atoms with Gasteiger partial charge in [0.25, 0.3) is 5.22 Å². The number of hydrogen-bond donors (Lipinski definition) is 1. The van der Waals surface area contributed by atoms with E-state index in [-0.39, 0.29) is 0 Å². The van der Waals surface area contributed by atoms with Crippen molar-refractivity contribution in [1.82, 2.24) is 9.97 Å². The summed E-state index contributed by atoms with van der Waals surface area (Å²) in [5, 5.41) is 1.47. The van der Waals surface area contributed by atoms with Crippen LogP contribution in [0, 0.1) is 13.8 Å². The molecule has 0 saturated carbocycles.